The summed E-state index contributed by atoms with van der Waals surface area (Å²) in [4.78, 5) is 34.6. The lowest BCUT2D eigenvalue weighted by Gasteiger charge is -2.20. The van der Waals surface area contributed by atoms with E-state index < -0.39 is 38.6 Å². The van der Waals surface area contributed by atoms with E-state index in [2.05, 4.69) is 20.8 Å². The third kappa shape index (κ3) is 5.32. The molecule has 0 aliphatic carbocycles. The van der Waals surface area contributed by atoms with Gasteiger partial charge in [-0.25, -0.2) is 18.0 Å². The molecule has 0 fully saturated rings. The molecule has 2 rings (SSSR count). The van der Waals surface area contributed by atoms with Crippen LogP contribution in [-0.2, 0) is 24.3 Å². The lowest BCUT2D eigenvalue weighted by molar-refractivity contribution is -0.385. The van der Waals surface area contributed by atoms with Crippen LogP contribution in [0.5, 0.6) is 0 Å². The lowest BCUT2D eigenvalue weighted by atomic mass is 9.97. The topological polar surface area (TPSA) is 142 Å². The molecule has 0 radical (unpaired) electrons. The number of sulfonamides is 1. The second kappa shape index (κ2) is 9.49. The van der Waals surface area contributed by atoms with Crippen LogP contribution in [0, 0.1) is 17.0 Å². The quantitative estimate of drug-likeness (QED) is 0.281. The molecule has 11 heteroatoms. The van der Waals surface area contributed by atoms with Gasteiger partial charge in [0, 0.05) is 6.07 Å². The lowest BCUT2D eigenvalue weighted by Crippen LogP contribution is -2.32. The first-order valence-corrected chi connectivity index (χ1v) is 10.2. The maximum Gasteiger partial charge on any atom is 0.338 e. The van der Waals surface area contributed by atoms with Crippen molar-refractivity contribution in [2.75, 3.05) is 14.2 Å². The van der Waals surface area contributed by atoms with Crippen LogP contribution in [0.3, 0.4) is 0 Å². The number of aryl methyl sites for hydroxylation is 1. The summed E-state index contributed by atoms with van der Waals surface area (Å²) in [7, 11) is -2.04. The molecule has 0 aromatic heterocycles. The van der Waals surface area contributed by atoms with Crippen molar-refractivity contribution in [2.24, 2.45) is 0 Å². The van der Waals surface area contributed by atoms with Gasteiger partial charge in [0.05, 0.1) is 46.8 Å². The van der Waals surface area contributed by atoms with E-state index in [1.807, 2.05) is 0 Å². The van der Waals surface area contributed by atoms with Crippen molar-refractivity contribution in [3.63, 3.8) is 0 Å². The Bertz CT molecular complexity index is 1140. The highest BCUT2D eigenvalue weighted by Gasteiger charge is 2.33. The summed E-state index contributed by atoms with van der Waals surface area (Å²) < 4.78 is 37.2. The van der Waals surface area contributed by atoms with Crippen molar-refractivity contribution in [2.45, 2.75) is 17.9 Å². The Balaban J connectivity index is 2.63. The predicted molar refractivity (Wildman–Crippen MR) is 110 cm³/mol. The van der Waals surface area contributed by atoms with Crippen molar-refractivity contribution < 1.29 is 32.4 Å². The highest BCUT2D eigenvalue weighted by atomic mass is 32.2. The van der Waals surface area contributed by atoms with Gasteiger partial charge in [0.1, 0.15) is 0 Å². The number of nitrogens with one attached hydrogen (secondary N) is 1. The molecule has 1 unspecified atom stereocenters. The minimum Gasteiger partial charge on any atom is -0.466 e. The Morgan fingerprint density at radius 2 is 1.71 bits per heavy atom. The van der Waals surface area contributed by atoms with Gasteiger partial charge >= 0.3 is 11.9 Å². The summed E-state index contributed by atoms with van der Waals surface area (Å²) in [6.07, 6.45) is 0. The number of hydrogen-bond donors (Lipinski definition) is 1. The van der Waals surface area contributed by atoms with Gasteiger partial charge in [-0.1, -0.05) is 24.3 Å². The van der Waals surface area contributed by atoms with Crippen LogP contribution < -0.4 is 4.72 Å². The van der Waals surface area contributed by atoms with E-state index in [1.54, 1.807) is 19.1 Å². The number of nitro groups is 1. The Labute approximate surface area is 178 Å². The molecule has 0 amide bonds. The molecule has 10 nitrogen and oxygen atoms in total. The number of hydrogen-bond acceptors (Lipinski definition) is 8. The Morgan fingerprint density at radius 3 is 2.23 bits per heavy atom. The Morgan fingerprint density at radius 1 is 1.10 bits per heavy atom. The van der Waals surface area contributed by atoms with E-state index >= 15 is 0 Å². The average molecular weight is 448 g/mol. The van der Waals surface area contributed by atoms with Crippen LogP contribution >= 0.6 is 0 Å². The third-order valence-electron chi connectivity index (χ3n) is 4.36. The fraction of sp³-hybridized carbons (Fsp3) is 0.200. The largest absolute Gasteiger partial charge is 0.466 e. The zero-order valence-corrected chi connectivity index (χ0v) is 17.8. The summed E-state index contributed by atoms with van der Waals surface area (Å²) in [6, 6.07) is 7.62. The van der Waals surface area contributed by atoms with E-state index in [0.29, 0.717) is 0 Å². The van der Waals surface area contributed by atoms with Crippen molar-refractivity contribution in [1.82, 2.24) is 4.72 Å². The first-order chi connectivity index (χ1) is 14.5. The minimum absolute atomic E-state index is 0.116. The van der Waals surface area contributed by atoms with Crippen molar-refractivity contribution >= 4 is 27.6 Å². The van der Waals surface area contributed by atoms with Crippen molar-refractivity contribution in [3.05, 3.63) is 81.4 Å². The van der Waals surface area contributed by atoms with Crippen molar-refractivity contribution in [3.8, 4) is 0 Å². The fourth-order valence-electron chi connectivity index (χ4n) is 2.70. The van der Waals surface area contributed by atoms with Crippen LogP contribution in [-0.4, -0.2) is 39.5 Å². The van der Waals surface area contributed by atoms with Crippen LogP contribution in [0.2, 0.25) is 0 Å². The zero-order chi connectivity index (χ0) is 23.3. The molecule has 0 saturated heterocycles. The minimum atomic E-state index is -4.22. The molecule has 0 aliphatic heterocycles. The number of esters is 2. The molecule has 164 valence electrons. The summed E-state index contributed by atoms with van der Waals surface area (Å²) in [5.74, 6) is -1.79. The number of nitro benzene ring substituents is 1. The van der Waals surface area contributed by atoms with Gasteiger partial charge in [-0.05, 0) is 31.2 Å². The molecule has 0 heterocycles. The molecule has 2 aromatic rings. The van der Waals surface area contributed by atoms with Crippen LogP contribution in [0.25, 0.3) is 0 Å². The zero-order valence-electron chi connectivity index (χ0n) is 16.9. The smallest absolute Gasteiger partial charge is 0.338 e. The molecule has 0 bridgehead atoms. The average Bonchev–Trinajstić information content (AvgIpc) is 2.75. The Kier molecular flexibility index (Phi) is 7.26. The number of methoxy groups -OCH3 is 2. The SMILES string of the molecule is C=C(C(=O)OC)C(NS(=O)(=O)c1ccc(C)cc1)c1ccc(C(=O)OC)cc1[N+](=O)[O-]. The standard InChI is InChI=1S/C20H20N2O8S/c1-12-5-8-15(9-6-12)31(27,28)21-18(13(2)19(23)29-3)16-10-7-14(20(24)30-4)11-17(16)22(25)26/h5-11,18,21H,2H2,1,3-4H3. The van der Waals surface area contributed by atoms with Crippen molar-refractivity contribution in [1.29, 1.82) is 0 Å². The molecule has 1 N–H and O–H groups in total. The van der Waals surface area contributed by atoms with Gasteiger partial charge in [0.25, 0.3) is 5.69 Å². The Hall–Kier alpha value is -3.57. The van der Waals surface area contributed by atoms with E-state index in [0.717, 1.165) is 31.9 Å². The number of carbonyl (C=O) groups is 2. The molecule has 0 aliphatic rings. The van der Waals surface area contributed by atoms with Gasteiger partial charge in [-0.3, -0.25) is 10.1 Å². The van der Waals surface area contributed by atoms with E-state index in [-0.39, 0.29) is 21.6 Å². The van der Waals surface area contributed by atoms with Gasteiger partial charge in [0.15, 0.2) is 0 Å². The summed E-state index contributed by atoms with van der Waals surface area (Å²) >= 11 is 0. The number of rotatable bonds is 8. The second-order valence-corrected chi connectivity index (χ2v) is 8.12. The first kappa shape index (κ1) is 23.7. The number of carbonyl (C=O) groups excluding carboxylic acids is 2. The highest BCUT2D eigenvalue weighted by Crippen LogP contribution is 2.32. The second-order valence-electron chi connectivity index (χ2n) is 6.41. The number of ether oxygens (including phenoxy) is 2. The fourth-order valence-corrected chi connectivity index (χ4v) is 3.91. The highest BCUT2D eigenvalue weighted by molar-refractivity contribution is 7.89. The summed E-state index contributed by atoms with van der Waals surface area (Å²) in [5.41, 5.74) is -0.495. The maximum atomic E-state index is 12.9. The van der Waals surface area contributed by atoms with E-state index in [9.17, 15) is 28.1 Å². The third-order valence-corrected chi connectivity index (χ3v) is 5.80. The first-order valence-electron chi connectivity index (χ1n) is 8.74. The summed E-state index contributed by atoms with van der Waals surface area (Å²) in [5, 5.41) is 11.7. The molecule has 0 saturated carbocycles. The molecule has 2 aromatic carbocycles. The summed E-state index contributed by atoms with van der Waals surface area (Å²) in [6.45, 7) is 5.33. The van der Waals surface area contributed by atoms with E-state index in [1.165, 1.54) is 18.2 Å². The van der Waals surface area contributed by atoms with E-state index in [4.69, 9.17) is 0 Å². The number of benzene rings is 2. The maximum absolute atomic E-state index is 12.9. The normalized spacial score (nSPS) is 12.0. The molecule has 0 spiro atoms. The molecular formula is C20H20N2O8S. The van der Waals surface area contributed by atoms with Gasteiger partial charge in [-0.15, -0.1) is 0 Å². The van der Waals surface area contributed by atoms with Gasteiger partial charge in [0.2, 0.25) is 10.0 Å². The number of nitrogens with zero attached hydrogens (tertiary/aromatic N) is 1. The van der Waals surface area contributed by atoms with Gasteiger partial charge in [-0.2, -0.15) is 4.72 Å². The monoisotopic (exact) mass is 448 g/mol. The van der Waals surface area contributed by atoms with Crippen LogP contribution in [0.1, 0.15) is 27.5 Å². The predicted octanol–water partition coefficient (Wildman–Crippen LogP) is 2.44. The molecular weight excluding hydrogens is 428 g/mol. The molecule has 1 atom stereocenters. The van der Waals surface area contributed by atoms with Gasteiger partial charge < -0.3 is 9.47 Å². The van der Waals surface area contributed by atoms with Crippen LogP contribution in [0.15, 0.2) is 59.5 Å². The van der Waals surface area contributed by atoms with Crippen LogP contribution in [0.4, 0.5) is 5.69 Å². The molecule has 31 heavy (non-hydrogen) atoms.